The van der Waals surface area contributed by atoms with Crippen LogP contribution < -0.4 is 0 Å². The highest BCUT2D eigenvalue weighted by molar-refractivity contribution is 7.85. The van der Waals surface area contributed by atoms with E-state index in [9.17, 15) is 17.6 Å². The topological polar surface area (TPSA) is 69.7 Å². The van der Waals surface area contributed by atoms with Crippen LogP contribution in [-0.2, 0) is 23.8 Å². The van der Waals surface area contributed by atoms with Gasteiger partial charge in [-0.05, 0) is 32.4 Å². The Balaban J connectivity index is 3.02. The van der Waals surface area contributed by atoms with Crippen LogP contribution in [0.5, 0.6) is 0 Å². The Hall–Kier alpha value is -1.18. The van der Waals surface area contributed by atoms with Gasteiger partial charge in [0, 0.05) is 5.92 Å². The summed E-state index contributed by atoms with van der Waals surface area (Å²) in [4.78, 5) is 12.0. The first-order chi connectivity index (χ1) is 10.4. The normalized spacial score (nSPS) is 13.7. The summed E-state index contributed by atoms with van der Waals surface area (Å²) in [5.74, 6) is -2.13. The van der Waals surface area contributed by atoms with Crippen LogP contribution in [0.1, 0.15) is 38.7 Å². The van der Waals surface area contributed by atoms with E-state index in [2.05, 4.69) is 0 Å². The monoisotopic (exact) mass is 366 g/mol. The van der Waals surface area contributed by atoms with Crippen LogP contribution in [0.3, 0.4) is 0 Å². The Labute approximate surface area is 140 Å². The van der Waals surface area contributed by atoms with Gasteiger partial charge in [0.2, 0.25) is 0 Å². The van der Waals surface area contributed by atoms with Crippen molar-refractivity contribution in [1.82, 2.24) is 0 Å². The van der Waals surface area contributed by atoms with Crippen molar-refractivity contribution < 1.29 is 26.5 Å². The van der Waals surface area contributed by atoms with Crippen molar-refractivity contribution in [1.29, 1.82) is 0 Å². The first-order valence-electron chi connectivity index (χ1n) is 6.89. The summed E-state index contributed by atoms with van der Waals surface area (Å²) in [5, 5.41) is -0.115. The molecule has 0 heterocycles. The number of rotatable bonds is 6. The minimum atomic E-state index is -3.73. The molecule has 1 atom stereocenters. The molecule has 0 saturated carbocycles. The lowest BCUT2D eigenvalue weighted by Crippen LogP contribution is -2.26. The summed E-state index contributed by atoms with van der Waals surface area (Å²) < 4.78 is 46.4. The van der Waals surface area contributed by atoms with Crippen molar-refractivity contribution in [3.8, 4) is 0 Å². The molecule has 130 valence electrons. The maximum atomic E-state index is 14.2. The van der Waals surface area contributed by atoms with E-state index >= 15 is 0 Å². The number of carbonyl (C=O) groups is 1. The highest BCUT2D eigenvalue weighted by atomic mass is 35.5. The van der Waals surface area contributed by atoms with Crippen molar-refractivity contribution >= 4 is 27.7 Å². The van der Waals surface area contributed by atoms with E-state index in [0.29, 0.717) is 0 Å². The lowest BCUT2D eigenvalue weighted by atomic mass is 9.96. The lowest BCUT2D eigenvalue weighted by molar-refractivity contribution is -0.155. The zero-order valence-corrected chi connectivity index (χ0v) is 15.0. The Morgan fingerprint density at radius 3 is 2.48 bits per heavy atom. The van der Waals surface area contributed by atoms with E-state index in [1.807, 2.05) is 0 Å². The number of ether oxygens (including phenoxy) is 1. The van der Waals surface area contributed by atoms with Gasteiger partial charge >= 0.3 is 5.97 Å². The van der Waals surface area contributed by atoms with Crippen LogP contribution in [0.2, 0.25) is 5.02 Å². The van der Waals surface area contributed by atoms with Gasteiger partial charge in [0.1, 0.15) is 11.4 Å². The zero-order valence-electron chi connectivity index (χ0n) is 13.4. The Morgan fingerprint density at radius 2 is 1.96 bits per heavy atom. The summed E-state index contributed by atoms with van der Waals surface area (Å²) in [5.41, 5.74) is -0.598. The second kappa shape index (κ2) is 7.59. The third-order valence-corrected chi connectivity index (χ3v) is 3.59. The molecular formula is C15H20ClFO5S. The van der Waals surface area contributed by atoms with E-state index in [1.165, 1.54) is 18.2 Å². The number of carbonyl (C=O) groups excluding carboxylic acids is 1. The third-order valence-electron chi connectivity index (χ3n) is 2.74. The van der Waals surface area contributed by atoms with Crippen molar-refractivity contribution in [2.24, 2.45) is 0 Å². The number of halogens is 2. The molecule has 0 aliphatic carbocycles. The van der Waals surface area contributed by atoms with Crippen molar-refractivity contribution in [2.75, 3.05) is 12.9 Å². The molecule has 0 aliphatic heterocycles. The average Bonchev–Trinajstić information content (AvgIpc) is 2.35. The van der Waals surface area contributed by atoms with Crippen molar-refractivity contribution in [2.45, 2.75) is 38.7 Å². The number of hydrogen-bond donors (Lipinski definition) is 0. The second-order valence-corrected chi connectivity index (χ2v) is 8.17. The quantitative estimate of drug-likeness (QED) is 0.571. The molecular weight excluding hydrogens is 347 g/mol. The summed E-state index contributed by atoms with van der Waals surface area (Å²) in [6, 6.07) is 4.31. The molecule has 0 amide bonds. The van der Waals surface area contributed by atoms with Gasteiger partial charge in [0.25, 0.3) is 10.1 Å². The number of esters is 1. The lowest BCUT2D eigenvalue weighted by Gasteiger charge is -2.22. The fraction of sp³-hybridized carbons (Fsp3) is 0.533. The molecule has 0 unspecified atom stereocenters. The van der Waals surface area contributed by atoms with E-state index in [1.54, 1.807) is 20.8 Å². The van der Waals surface area contributed by atoms with Gasteiger partial charge in [-0.2, -0.15) is 8.42 Å². The first-order valence-corrected chi connectivity index (χ1v) is 9.08. The SMILES string of the molecule is CC(C)(C)OC(=O)C[C@H](COS(C)(=O)=O)c1cccc(Cl)c1F. The van der Waals surface area contributed by atoms with Crippen LogP contribution in [-0.4, -0.2) is 32.9 Å². The molecule has 0 radical (unpaired) electrons. The molecule has 8 heteroatoms. The minimum Gasteiger partial charge on any atom is -0.460 e. The third kappa shape index (κ3) is 7.28. The summed E-state index contributed by atoms with van der Waals surface area (Å²) in [6.45, 7) is 4.72. The molecule has 0 fully saturated rings. The number of benzene rings is 1. The molecule has 0 N–H and O–H groups in total. The van der Waals surface area contributed by atoms with Crippen LogP contribution in [0.25, 0.3) is 0 Å². The van der Waals surface area contributed by atoms with Crippen LogP contribution in [0.15, 0.2) is 18.2 Å². The van der Waals surface area contributed by atoms with Crippen LogP contribution >= 0.6 is 11.6 Å². The molecule has 0 bridgehead atoms. The molecule has 1 aromatic carbocycles. The first kappa shape index (κ1) is 19.9. The van der Waals surface area contributed by atoms with Gasteiger partial charge in [-0.1, -0.05) is 23.7 Å². The van der Waals surface area contributed by atoms with Gasteiger partial charge in [-0.3, -0.25) is 8.98 Å². The fourth-order valence-electron chi connectivity index (χ4n) is 1.88. The van der Waals surface area contributed by atoms with Gasteiger partial charge < -0.3 is 4.74 Å². The molecule has 0 saturated heterocycles. The predicted molar refractivity (Wildman–Crippen MR) is 85.4 cm³/mol. The molecule has 0 spiro atoms. The molecule has 1 rings (SSSR count). The summed E-state index contributed by atoms with van der Waals surface area (Å²) >= 11 is 5.74. The maximum Gasteiger partial charge on any atom is 0.307 e. The standard InChI is InChI=1S/C15H20ClFO5S/c1-15(2,3)22-13(18)8-10(9-21-23(4,19)20)11-6-5-7-12(16)14(11)17/h5-7,10H,8-9H2,1-4H3/t10-/m1/s1. The fourth-order valence-corrected chi connectivity index (χ4v) is 2.48. The largest absolute Gasteiger partial charge is 0.460 e. The molecule has 23 heavy (non-hydrogen) atoms. The van der Waals surface area contributed by atoms with E-state index in [0.717, 1.165) is 6.26 Å². The Kier molecular flexibility index (Phi) is 6.56. The Morgan fingerprint density at radius 1 is 1.35 bits per heavy atom. The summed E-state index contributed by atoms with van der Waals surface area (Å²) in [6.07, 6.45) is 0.649. The van der Waals surface area contributed by atoms with Crippen molar-refractivity contribution in [3.63, 3.8) is 0 Å². The molecule has 0 aliphatic rings. The molecule has 5 nitrogen and oxygen atoms in total. The molecule has 0 aromatic heterocycles. The van der Waals surface area contributed by atoms with E-state index in [-0.39, 0.29) is 23.6 Å². The van der Waals surface area contributed by atoms with E-state index in [4.69, 9.17) is 20.5 Å². The van der Waals surface area contributed by atoms with Gasteiger partial charge in [-0.15, -0.1) is 0 Å². The number of hydrogen-bond acceptors (Lipinski definition) is 5. The summed E-state index contributed by atoms with van der Waals surface area (Å²) in [7, 11) is -3.73. The minimum absolute atomic E-state index is 0.104. The van der Waals surface area contributed by atoms with Crippen LogP contribution in [0.4, 0.5) is 4.39 Å². The smallest absolute Gasteiger partial charge is 0.307 e. The predicted octanol–water partition coefficient (Wildman–Crippen LogP) is 3.27. The second-order valence-electron chi connectivity index (χ2n) is 6.12. The van der Waals surface area contributed by atoms with Crippen molar-refractivity contribution in [3.05, 3.63) is 34.6 Å². The highest BCUT2D eigenvalue weighted by Crippen LogP contribution is 2.28. The Bertz CT molecular complexity index is 667. The van der Waals surface area contributed by atoms with E-state index < -0.39 is 33.4 Å². The average molecular weight is 367 g/mol. The van der Waals surface area contributed by atoms with Gasteiger partial charge in [0.15, 0.2) is 0 Å². The zero-order chi connectivity index (χ0) is 17.8. The van der Waals surface area contributed by atoms with Crippen LogP contribution in [0, 0.1) is 5.82 Å². The molecule has 1 aromatic rings. The van der Waals surface area contributed by atoms with Gasteiger partial charge in [0.05, 0.1) is 24.3 Å². The van der Waals surface area contributed by atoms with Gasteiger partial charge in [-0.25, -0.2) is 4.39 Å². The highest BCUT2D eigenvalue weighted by Gasteiger charge is 2.25. The maximum absolute atomic E-state index is 14.2.